The number of alkyl halides is 2. The van der Waals surface area contributed by atoms with Crippen LogP contribution in [-0.2, 0) is 4.74 Å². The molecule has 1 aliphatic rings. The maximum Gasteiger partial charge on any atom is 0.104 e. The van der Waals surface area contributed by atoms with Gasteiger partial charge >= 0.3 is 0 Å². The number of aliphatic hydroxyl groups is 1. The fourth-order valence-corrected chi connectivity index (χ4v) is 1.38. The summed E-state index contributed by atoms with van der Waals surface area (Å²) in [4.78, 5) is 0. The first-order valence-corrected chi connectivity index (χ1v) is 6.12. The van der Waals surface area contributed by atoms with Gasteiger partial charge in [0.05, 0.1) is 17.0 Å². The highest BCUT2D eigenvalue weighted by molar-refractivity contribution is 9.24. The summed E-state index contributed by atoms with van der Waals surface area (Å²) in [5.74, 6) is 0. The first kappa shape index (κ1) is 12.2. The standard InChI is InChI=1S/C7H6Br2.C3H6O2/c8-7(9)6-4-2-1-3-5-6;4-1-3-2-5-3/h1-5,7H;3-4H,1-2H2. The van der Waals surface area contributed by atoms with E-state index in [9.17, 15) is 0 Å². The topological polar surface area (TPSA) is 32.8 Å². The Morgan fingerprint density at radius 1 is 1.36 bits per heavy atom. The molecule has 1 unspecified atom stereocenters. The van der Waals surface area contributed by atoms with Crippen LogP contribution in [0.2, 0.25) is 0 Å². The van der Waals surface area contributed by atoms with Crippen molar-refractivity contribution in [1.82, 2.24) is 0 Å². The maximum atomic E-state index is 8.08. The zero-order valence-corrected chi connectivity index (χ0v) is 10.7. The quantitative estimate of drug-likeness (QED) is 0.670. The minimum Gasteiger partial charge on any atom is -0.394 e. The zero-order valence-electron chi connectivity index (χ0n) is 7.57. The van der Waals surface area contributed by atoms with E-state index in [0.29, 0.717) is 0 Å². The predicted octanol–water partition coefficient (Wildman–Crippen LogP) is 2.85. The summed E-state index contributed by atoms with van der Waals surface area (Å²) in [6.45, 7) is 0.955. The Balaban J connectivity index is 0.000000165. The molecule has 2 rings (SSSR count). The predicted molar refractivity (Wildman–Crippen MR) is 63.9 cm³/mol. The molecule has 0 saturated carbocycles. The van der Waals surface area contributed by atoms with Gasteiger partial charge in [-0.2, -0.15) is 0 Å². The van der Waals surface area contributed by atoms with Crippen LogP contribution in [0.15, 0.2) is 30.3 Å². The SMILES string of the molecule is BrC(Br)c1ccccc1.OCC1CO1. The van der Waals surface area contributed by atoms with Gasteiger partial charge in [0, 0.05) is 0 Å². The number of halogens is 2. The smallest absolute Gasteiger partial charge is 0.104 e. The van der Waals surface area contributed by atoms with Gasteiger partial charge in [0.1, 0.15) is 6.10 Å². The van der Waals surface area contributed by atoms with E-state index in [-0.39, 0.29) is 16.4 Å². The van der Waals surface area contributed by atoms with Crippen molar-refractivity contribution in [3.8, 4) is 0 Å². The maximum absolute atomic E-state index is 8.08. The number of hydrogen-bond donors (Lipinski definition) is 1. The normalized spacial score (nSPS) is 18.7. The van der Waals surface area contributed by atoms with Gasteiger partial charge in [-0.05, 0) is 5.56 Å². The summed E-state index contributed by atoms with van der Waals surface area (Å²) in [5, 5.41) is 8.08. The molecule has 0 bridgehead atoms. The molecule has 0 aliphatic carbocycles. The average Bonchev–Trinajstić information content (AvgIpc) is 3.03. The summed E-state index contributed by atoms with van der Waals surface area (Å²) in [5.41, 5.74) is 1.25. The van der Waals surface area contributed by atoms with Crippen LogP contribution in [0.1, 0.15) is 9.30 Å². The van der Waals surface area contributed by atoms with Crippen molar-refractivity contribution < 1.29 is 9.84 Å². The van der Waals surface area contributed by atoms with Crippen LogP contribution in [0.4, 0.5) is 0 Å². The van der Waals surface area contributed by atoms with Crippen molar-refractivity contribution in [2.75, 3.05) is 13.2 Å². The van der Waals surface area contributed by atoms with E-state index in [2.05, 4.69) is 48.7 Å². The first-order valence-electron chi connectivity index (χ1n) is 4.29. The van der Waals surface area contributed by atoms with E-state index in [1.807, 2.05) is 18.2 Å². The van der Waals surface area contributed by atoms with E-state index < -0.39 is 0 Å². The molecule has 1 aliphatic heterocycles. The third-order valence-corrected chi connectivity index (χ3v) is 2.71. The minimum absolute atomic E-state index is 0.190. The number of epoxide rings is 1. The first-order chi connectivity index (χ1) is 6.74. The number of hydrogen-bond acceptors (Lipinski definition) is 2. The van der Waals surface area contributed by atoms with Gasteiger partial charge in [0.15, 0.2) is 0 Å². The molecular weight excluding hydrogens is 312 g/mol. The van der Waals surface area contributed by atoms with Crippen molar-refractivity contribution in [2.24, 2.45) is 0 Å². The number of aliphatic hydroxyl groups excluding tert-OH is 1. The van der Waals surface area contributed by atoms with E-state index >= 15 is 0 Å². The van der Waals surface area contributed by atoms with E-state index in [0.717, 1.165) is 6.61 Å². The number of benzene rings is 1. The Labute approximate surface area is 101 Å². The average molecular weight is 324 g/mol. The third-order valence-electron chi connectivity index (χ3n) is 1.66. The summed E-state index contributed by atoms with van der Waals surface area (Å²) < 4.78 is 4.89. The second-order valence-electron chi connectivity index (χ2n) is 2.85. The molecule has 4 heteroatoms. The summed E-state index contributed by atoms with van der Waals surface area (Å²) in [7, 11) is 0. The molecule has 0 amide bonds. The lowest BCUT2D eigenvalue weighted by Crippen LogP contribution is -1.88. The summed E-state index contributed by atoms with van der Waals surface area (Å²) in [6.07, 6.45) is 0.190. The Morgan fingerprint density at radius 3 is 2.14 bits per heavy atom. The molecule has 0 aromatic heterocycles. The molecule has 1 N–H and O–H groups in total. The Morgan fingerprint density at radius 2 is 1.93 bits per heavy atom. The van der Waals surface area contributed by atoms with Crippen LogP contribution in [-0.4, -0.2) is 24.4 Å². The van der Waals surface area contributed by atoms with Crippen molar-refractivity contribution >= 4 is 31.9 Å². The highest BCUT2D eigenvalue weighted by Crippen LogP contribution is 2.28. The molecular formula is C10H12Br2O2. The van der Waals surface area contributed by atoms with Crippen LogP contribution < -0.4 is 0 Å². The lowest BCUT2D eigenvalue weighted by molar-refractivity contribution is 0.244. The minimum atomic E-state index is 0.190. The molecule has 1 aromatic carbocycles. The summed E-state index contributed by atoms with van der Waals surface area (Å²) in [6, 6.07) is 10.2. The lowest BCUT2D eigenvalue weighted by Gasteiger charge is -1.97. The van der Waals surface area contributed by atoms with Crippen molar-refractivity contribution in [1.29, 1.82) is 0 Å². The lowest BCUT2D eigenvalue weighted by atomic mass is 10.2. The molecule has 1 saturated heterocycles. The van der Waals surface area contributed by atoms with E-state index in [1.165, 1.54) is 5.56 Å². The third kappa shape index (κ3) is 5.10. The number of rotatable bonds is 2. The Hall–Kier alpha value is 0.1000. The van der Waals surface area contributed by atoms with Crippen molar-refractivity contribution in [3.05, 3.63) is 35.9 Å². The Bertz CT molecular complexity index is 248. The van der Waals surface area contributed by atoms with Gasteiger partial charge in [-0.25, -0.2) is 0 Å². The van der Waals surface area contributed by atoms with Crippen LogP contribution in [0, 0.1) is 0 Å². The Kier molecular flexibility index (Phi) is 5.70. The summed E-state index contributed by atoms with van der Waals surface area (Å²) >= 11 is 6.80. The van der Waals surface area contributed by atoms with Gasteiger partial charge in [-0.3, -0.25) is 0 Å². The van der Waals surface area contributed by atoms with Gasteiger partial charge in [-0.15, -0.1) is 0 Å². The van der Waals surface area contributed by atoms with E-state index in [4.69, 9.17) is 5.11 Å². The van der Waals surface area contributed by atoms with Gasteiger partial charge in [0.25, 0.3) is 0 Å². The second kappa shape index (κ2) is 6.56. The highest BCUT2D eigenvalue weighted by atomic mass is 79.9. The molecule has 2 nitrogen and oxygen atoms in total. The van der Waals surface area contributed by atoms with Crippen LogP contribution >= 0.6 is 31.9 Å². The molecule has 78 valence electrons. The second-order valence-corrected chi connectivity index (χ2v) is 5.91. The molecule has 14 heavy (non-hydrogen) atoms. The van der Waals surface area contributed by atoms with Gasteiger partial charge in [-0.1, -0.05) is 62.2 Å². The molecule has 1 atom stereocenters. The largest absolute Gasteiger partial charge is 0.394 e. The zero-order chi connectivity index (χ0) is 10.4. The molecule has 1 fully saturated rings. The molecule has 1 heterocycles. The van der Waals surface area contributed by atoms with Crippen molar-refractivity contribution in [2.45, 2.75) is 9.84 Å². The monoisotopic (exact) mass is 322 g/mol. The van der Waals surface area contributed by atoms with Gasteiger partial charge in [0.2, 0.25) is 0 Å². The molecule has 0 radical (unpaired) electrons. The number of ether oxygens (including phenoxy) is 1. The van der Waals surface area contributed by atoms with Crippen LogP contribution in [0.5, 0.6) is 0 Å². The van der Waals surface area contributed by atoms with Gasteiger partial charge < -0.3 is 9.84 Å². The fourth-order valence-electron chi connectivity index (χ4n) is 0.772. The van der Waals surface area contributed by atoms with Crippen LogP contribution in [0.3, 0.4) is 0 Å². The highest BCUT2D eigenvalue weighted by Gasteiger charge is 2.19. The van der Waals surface area contributed by atoms with Crippen molar-refractivity contribution in [3.63, 3.8) is 0 Å². The van der Waals surface area contributed by atoms with E-state index in [1.54, 1.807) is 0 Å². The molecule has 0 spiro atoms. The van der Waals surface area contributed by atoms with Crippen LogP contribution in [0.25, 0.3) is 0 Å². The molecule has 1 aromatic rings. The fraction of sp³-hybridized carbons (Fsp3) is 0.400.